The molecule has 1 fully saturated rings. The third-order valence-corrected chi connectivity index (χ3v) is 6.88. The number of oxazole rings is 1. The van der Waals surface area contributed by atoms with Crippen LogP contribution in [0.4, 0.5) is 11.6 Å². The number of nitrogens with zero attached hydrogens (tertiary/aromatic N) is 3. The number of amides is 1. The Morgan fingerprint density at radius 3 is 2.79 bits per heavy atom. The fourth-order valence-corrected chi connectivity index (χ4v) is 4.90. The van der Waals surface area contributed by atoms with Crippen molar-refractivity contribution in [3.8, 4) is 17.0 Å². The Labute approximate surface area is 225 Å². The summed E-state index contributed by atoms with van der Waals surface area (Å²) in [6, 6.07) is 11.5. The lowest BCUT2D eigenvalue weighted by molar-refractivity contribution is 0.0963. The molecule has 0 radical (unpaired) electrons. The highest BCUT2D eigenvalue weighted by Crippen LogP contribution is 2.37. The summed E-state index contributed by atoms with van der Waals surface area (Å²) in [5.74, 6) is 1.51. The van der Waals surface area contributed by atoms with Gasteiger partial charge in [-0.05, 0) is 47.4 Å². The number of ether oxygens (including phenoxy) is 2. The van der Waals surface area contributed by atoms with Gasteiger partial charge < -0.3 is 29.5 Å². The van der Waals surface area contributed by atoms with E-state index in [1.165, 1.54) is 0 Å². The summed E-state index contributed by atoms with van der Waals surface area (Å²) in [5.41, 5.74) is 6.40. The first-order valence-electron chi connectivity index (χ1n) is 13.0. The Bertz CT molecular complexity index is 1680. The van der Waals surface area contributed by atoms with Crippen molar-refractivity contribution < 1.29 is 18.7 Å². The molecule has 1 unspecified atom stereocenters. The van der Waals surface area contributed by atoms with Crippen LogP contribution in [0.2, 0.25) is 0 Å². The summed E-state index contributed by atoms with van der Waals surface area (Å²) in [4.78, 5) is 29.5. The lowest BCUT2D eigenvalue weighted by Crippen LogP contribution is -2.18. The average molecular weight is 527 g/mol. The van der Waals surface area contributed by atoms with Gasteiger partial charge in [0.2, 0.25) is 11.8 Å². The van der Waals surface area contributed by atoms with Crippen LogP contribution in [0.1, 0.15) is 48.0 Å². The fourth-order valence-electron chi connectivity index (χ4n) is 4.90. The van der Waals surface area contributed by atoms with E-state index in [2.05, 4.69) is 34.4 Å². The SMILES string of the molecule is CNC(=O)c1ccc(Nc2nc(OC3CCOC3)c3c(-c4ccc5nc(C)oc5c4)c[nH]c3n2)c(C(C)C)c1. The molecule has 39 heavy (non-hydrogen) atoms. The van der Waals surface area contributed by atoms with Crippen LogP contribution in [0, 0.1) is 6.92 Å². The van der Waals surface area contributed by atoms with Crippen LogP contribution >= 0.6 is 0 Å². The molecular formula is C29H30N6O4. The van der Waals surface area contributed by atoms with E-state index in [1.54, 1.807) is 13.1 Å². The smallest absolute Gasteiger partial charge is 0.251 e. The first-order chi connectivity index (χ1) is 18.9. The number of hydrogen-bond donors (Lipinski definition) is 3. The fraction of sp³-hybridized carbons (Fsp3) is 0.310. The van der Waals surface area contributed by atoms with E-state index in [1.807, 2.05) is 43.5 Å². The van der Waals surface area contributed by atoms with E-state index in [0.717, 1.165) is 39.7 Å². The molecule has 3 aromatic heterocycles. The molecule has 1 saturated heterocycles. The Kier molecular flexibility index (Phi) is 6.40. The molecule has 3 N–H and O–H groups in total. The van der Waals surface area contributed by atoms with Gasteiger partial charge in [-0.2, -0.15) is 9.97 Å². The van der Waals surface area contributed by atoms with Crippen LogP contribution in [-0.2, 0) is 4.74 Å². The van der Waals surface area contributed by atoms with E-state index in [4.69, 9.17) is 23.9 Å². The maximum atomic E-state index is 12.2. The summed E-state index contributed by atoms with van der Waals surface area (Å²) in [6.45, 7) is 7.16. The zero-order valence-electron chi connectivity index (χ0n) is 22.3. The van der Waals surface area contributed by atoms with Gasteiger partial charge in [-0.1, -0.05) is 19.9 Å². The summed E-state index contributed by atoms with van der Waals surface area (Å²) in [7, 11) is 1.62. The number of carbonyl (C=O) groups excluding carboxylic acids is 1. The summed E-state index contributed by atoms with van der Waals surface area (Å²) in [6.07, 6.45) is 2.59. The minimum absolute atomic E-state index is 0.101. The van der Waals surface area contributed by atoms with Gasteiger partial charge in [0.05, 0.1) is 18.6 Å². The van der Waals surface area contributed by atoms with Crippen molar-refractivity contribution in [3.05, 3.63) is 59.6 Å². The van der Waals surface area contributed by atoms with Gasteiger partial charge in [-0.3, -0.25) is 4.79 Å². The molecule has 2 aromatic carbocycles. The highest BCUT2D eigenvalue weighted by molar-refractivity contribution is 5.99. The Balaban J connectivity index is 1.43. The molecule has 0 spiro atoms. The molecule has 0 saturated carbocycles. The van der Waals surface area contributed by atoms with Crippen LogP contribution in [-0.4, -0.2) is 52.2 Å². The van der Waals surface area contributed by atoms with Crippen LogP contribution < -0.4 is 15.4 Å². The largest absolute Gasteiger partial charge is 0.471 e. The van der Waals surface area contributed by atoms with Crippen LogP contribution in [0.5, 0.6) is 5.88 Å². The van der Waals surface area contributed by atoms with Crippen molar-refractivity contribution in [3.63, 3.8) is 0 Å². The van der Waals surface area contributed by atoms with Gasteiger partial charge in [-0.15, -0.1) is 0 Å². The van der Waals surface area contributed by atoms with Gasteiger partial charge in [-0.25, -0.2) is 4.98 Å². The number of hydrogen-bond acceptors (Lipinski definition) is 8. The number of aromatic amines is 1. The molecule has 200 valence electrons. The number of benzene rings is 2. The zero-order chi connectivity index (χ0) is 27.1. The Morgan fingerprint density at radius 2 is 2.03 bits per heavy atom. The predicted molar refractivity (Wildman–Crippen MR) is 149 cm³/mol. The molecule has 6 rings (SSSR count). The lowest BCUT2D eigenvalue weighted by Gasteiger charge is -2.17. The molecule has 0 aliphatic carbocycles. The number of rotatable bonds is 7. The van der Waals surface area contributed by atoms with E-state index >= 15 is 0 Å². The lowest BCUT2D eigenvalue weighted by atomic mass is 9.98. The van der Waals surface area contributed by atoms with Crippen molar-refractivity contribution >= 4 is 39.7 Å². The van der Waals surface area contributed by atoms with E-state index < -0.39 is 0 Å². The van der Waals surface area contributed by atoms with E-state index in [9.17, 15) is 4.79 Å². The highest BCUT2D eigenvalue weighted by atomic mass is 16.5. The predicted octanol–water partition coefficient (Wildman–Crippen LogP) is 5.47. The number of fused-ring (bicyclic) bond motifs is 2. The number of carbonyl (C=O) groups is 1. The molecule has 10 heteroatoms. The molecule has 1 amide bonds. The normalized spacial score (nSPS) is 15.4. The summed E-state index contributed by atoms with van der Waals surface area (Å²) >= 11 is 0. The second kappa shape index (κ2) is 10.0. The second-order valence-electron chi connectivity index (χ2n) is 9.96. The molecule has 5 aromatic rings. The van der Waals surface area contributed by atoms with Crippen LogP contribution in [0.15, 0.2) is 47.0 Å². The Morgan fingerprint density at radius 1 is 1.15 bits per heavy atom. The van der Waals surface area contributed by atoms with Gasteiger partial charge >= 0.3 is 0 Å². The van der Waals surface area contributed by atoms with Gasteiger partial charge in [0.1, 0.15) is 17.3 Å². The quantitative estimate of drug-likeness (QED) is 0.255. The molecular weight excluding hydrogens is 496 g/mol. The van der Waals surface area contributed by atoms with Crippen molar-refractivity contribution in [1.29, 1.82) is 0 Å². The summed E-state index contributed by atoms with van der Waals surface area (Å²) < 4.78 is 17.7. The Hall–Kier alpha value is -4.44. The zero-order valence-corrected chi connectivity index (χ0v) is 22.3. The third kappa shape index (κ3) is 4.79. The van der Waals surface area contributed by atoms with Crippen molar-refractivity contribution in [2.75, 3.05) is 25.6 Å². The number of H-pyrrole nitrogens is 1. The molecule has 1 atom stereocenters. The minimum atomic E-state index is -0.131. The monoisotopic (exact) mass is 526 g/mol. The minimum Gasteiger partial charge on any atom is -0.471 e. The van der Waals surface area contributed by atoms with Crippen LogP contribution in [0.25, 0.3) is 33.3 Å². The second-order valence-corrected chi connectivity index (χ2v) is 9.96. The number of nitrogens with one attached hydrogen (secondary N) is 3. The standard InChI is InChI=1S/C29H30N6O4/c1-15(2)20-11-18(27(36)30-4)6-7-22(20)33-29-34-26-25(28(35-29)39-19-9-10-37-14-19)21(13-31-26)17-5-8-23-24(12-17)38-16(3)32-23/h5-8,11-13,15,19H,9-10,14H2,1-4H3,(H,30,36)(H2,31,33,34,35). The maximum absolute atomic E-state index is 12.2. The molecule has 4 heterocycles. The first-order valence-corrected chi connectivity index (χ1v) is 13.0. The highest BCUT2D eigenvalue weighted by Gasteiger charge is 2.23. The van der Waals surface area contributed by atoms with Crippen molar-refractivity contribution in [1.82, 2.24) is 25.3 Å². The third-order valence-electron chi connectivity index (χ3n) is 6.88. The average Bonchev–Trinajstić information content (AvgIpc) is 3.67. The molecule has 0 bridgehead atoms. The molecule has 1 aliphatic heterocycles. The first kappa shape index (κ1) is 24.9. The number of aromatic nitrogens is 4. The molecule has 10 nitrogen and oxygen atoms in total. The van der Waals surface area contributed by atoms with Crippen molar-refractivity contribution in [2.24, 2.45) is 0 Å². The topological polar surface area (TPSA) is 127 Å². The van der Waals surface area contributed by atoms with E-state index in [0.29, 0.717) is 47.7 Å². The van der Waals surface area contributed by atoms with Gasteiger partial charge in [0.15, 0.2) is 11.5 Å². The maximum Gasteiger partial charge on any atom is 0.251 e. The van der Waals surface area contributed by atoms with Gasteiger partial charge in [0.25, 0.3) is 5.91 Å². The van der Waals surface area contributed by atoms with Gasteiger partial charge in [0, 0.05) is 43.4 Å². The van der Waals surface area contributed by atoms with E-state index in [-0.39, 0.29) is 17.9 Å². The van der Waals surface area contributed by atoms with Crippen LogP contribution in [0.3, 0.4) is 0 Å². The number of aryl methyl sites for hydroxylation is 1. The molecule has 1 aliphatic rings. The van der Waals surface area contributed by atoms with Crippen molar-refractivity contribution in [2.45, 2.75) is 39.2 Å². The number of anilines is 2. The summed E-state index contributed by atoms with van der Waals surface area (Å²) in [5, 5.41) is 6.82.